The van der Waals surface area contributed by atoms with Crippen molar-refractivity contribution < 1.29 is 9.84 Å². The maximum atomic E-state index is 12.8. The second-order valence-electron chi connectivity index (χ2n) is 7.83. The van der Waals surface area contributed by atoms with Crippen LogP contribution in [0.25, 0.3) is 5.70 Å². The molecule has 3 heterocycles. The number of imidazole rings is 1. The molecule has 29 heavy (non-hydrogen) atoms. The minimum Gasteiger partial charge on any atom is -0.493 e. The van der Waals surface area contributed by atoms with Crippen molar-refractivity contribution in [3.63, 3.8) is 0 Å². The summed E-state index contributed by atoms with van der Waals surface area (Å²) >= 11 is 0. The van der Waals surface area contributed by atoms with E-state index in [-0.39, 0.29) is 11.6 Å². The summed E-state index contributed by atoms with van der Waals surface area (Å²) in [6.07, 6.45) is 4.15. The zero-order valence-corrected chi connectivity index (χ0v) is 17.1. The van der Waals surface area contributed by atoms with Gasteiger partial charge in [-0.05, 0) is 45.1 Å². The molecule has 8 nitrogen and oxygen atoms in total. The Hall–Kier alpha value is -2.71. The second-order valence-corrected chi connectivity index (χ2v) is 7.83. The van der Waals surface area contributed by atoms with Gasteiger partial charge in [0.05, 0.1) is 11.9 Å². The number of hydrogen-bond acceptors (Lipinski definition) is 6. The van der Waals surface area contributed by atoms with Crippen molar-refractivity contribution >= 4 is 5.70 Å². The van der Waals surface area contributed by atoms with Gasteiger partial charge in [-0.3, -0.25) is 9.99 Å². The Morgan fingerprint density at radius 2 is 1.97 bits per heavy atom. The molecular formula is C21H29N5O3. The van der Waals surface area contributed by atoms with Crippen molar-refractivity contribution in [2.24, 2.45) is 0 Å². The van der Waals surface area contributed by atoms with E-state index in [1.807, 2.05) is 31.2 Å². The highest BCUT2D eigenvalue weighted by Gasteiger charge is 2.18. The number of hydrogen-bond donors (Lipinski definition) is 2. The zero-order valence-electron chi connectivity index (χ0n) is 17.1. The summed E-state index contributed by atoms with van der Waals surface area (Å²) in [6.45, 7) is 8.11. The van der Waals surface area contributed by atoms with Crippen molar-refractivity contribution in [2.45, 2.75) is 19.9 Å². The number of nitrogens with zero attached hydrogens (tertiary/aromatic N) is 4. The van der Waals surface area contributed by atoms with Crippen LogP contribution in [-0.4, -0.2) is 70.5 Å². The number of rotatable bonds is 6. The van der Waals surface area contributed by atoms with Crippen LogP contribution < -0.4 is 15.9 Å². The minimum atomic E-state index is -0.275. The van der Waals surface area contributed by atoms with Crippen molar-refractivity contribution in [3.8, 4) is 11.6 Å². The SMILES string of the molecule is Cc1ccc2c(c1)C(Nn1cc(O)n(CCCN3CCN(C)CC3)c1=O)=CCO2. The molecule has 0 saturated carbocycles. The third-order valence-electron chi connectivity index (χ3n) is 5.60. The van der Waals surface area contributed by atoms with Crippen LogP contribution in [-0.2, 0) is 6.54 Å². The lowest BCUT2D eigenvalue weighted by atomic mass is 10.1. The number of benzene rings is 1. The average molecular weight is 399 g/mol. The van der Waals surface area contributed by atoms with E-state index in [1.54, 1.807) is 0 Å². The van der Waals surface area contributed by atoms with Gasteiger partial charge in [-0.25, -0.2) is 9.47 Å². The Balaban J connectivity index is 1.42. The first kappa shape index (κ1) is 19.6. The smallest absolute Gasteiger partial charge is 0.349 e. The summed E-state index contributed by atoms with van der Waals surface area (Å²) in [6, 6.07) is 5.95. The van der Waals surface area contributed by atoms with E-state index < -0.39 is 0 Å². The van der Waals surface area contributed by atoms with Crippen molar-refractivity contribution in [2.75, 3.05) is 51.8 Å². The van der Waals surface area contributed by atoms with Crippen molar-refractivity contribution in [3.05, 3.63) is 52.1 Å². The van der Waals surface area contributed by atoms with Crippen LogP contribution in [0.5, 0.6) is 11.6 Å². The first-order valence-electron chi connectivity index (χ1n) is 10.1. The number of piperazine rings is 1. The van der Waals surface area contributed by atoms with Gasteiger partial charge in [-0.15, -0.1) is 0 Å². The van der Waals surface area contributed by atoms with E-state index >= 15 is 0 Å². The van der Waals surface area contributed by atoms with Crippen LogP contribution in [0.15, 0.2) is 35.3 Å². The van der Waals surface area contributed by atoms with Crippen LogP contribution in [0.2, 0.25) is 0 Å². The molecule has 2 aliphatic heterocycles. The molecule has 4 rings (SSSR count). The normalized spacial score (nSPS) is 17.5. The molecule has 1 aromatic heterocycles. The maximum absolute atomic E-state index is 12.8. The fourth-order valence-electron chi connectivity index (χ4n) is 3.82. The van der Waals surface area contributed by atoms with E-state index in [0.29, 0.717) is 13.2 Å². The fourth-order valence-corrected chi connectivity index (χ4v) is 3.82. The molecule has 0 unspecified atom stereocenters. The average Bonchev–Trinajstić information content (AvgIpc) is 2.97. The highest BCUT2D eigenvalue weighted by molar-refractivity contribution is 5.75. The zero-order chi connectivity index (χ0) is 20.4. The van der Waals surface area contributed by atoms with Gasteiger partial charge in [0.2, 0.25) is 5.88 Å². The molecule has 1 saturated heterocycles. The Kier molecular flexibility index (Phi) is 5.64. The first-order chi connectivity index (χ1) is 14.0. The number of fused-ring (bicyclic) bond motifs is 1. The van der Waals surface area contributed by atoms with E-state index in [2.05, 4.69) is 22.3 Å². The molecule has 0 bridgehead atoms. The Labute approximate surface area is 170 Å². The predicted octanol–water partition coefficient (Wildman–Crippen LogP) is 1.28. The molecule has 0 amide bonds. The lowest BCUT2D eigenvalue weighted by Crippen LogP contribution is -2.44. The summed E-state index contributed by atoms with van der Waals surface area (Å²) in [4.78, 5) is 17.5. The van der Waals surface area contributed by atoms with Gasteiger partial charge in [-0.2, -0.15) is 0 Å². The molecule has 8 heteroatoms. The fraction of sp³-hybridized carbons (Fsp3) is 0.476. The Morgan fingerprint density at radius 1 is 1.17 bits per heavy atom. The summed E-state index contributed by atoms with van der Waals surface area (Å²) in [5, 5.41) is 10.3. The van der Waals surface area contributed by atoms with Gasteiger partial charge in [-0.1, -0.05) is 11.6 Å². The van der Waals surface area contributed by atoms with Gasteiger partial charge in [0.15, 0.2) is 0 Å². The standard InChI is InChI=1S/C21H29N5O3/c1-16-4-5-19-17(14-16)18(6-13-29-19)22-26-15-20(27)25(21(26)28)8-3-7-24-11-9-23(2)10-12-24/h4-6,14-15,22,27H,3,7-13H2,1-2H3. The number of aryl methyl sites for hydroxylation is 1. The number of nitrogens with one attached hydrogen (secondary N) is 1. The van der Waals surface area contributed by atoms with E-state index in [0.717, 1.165) is 61.7 Å². The number of aromatic nitrogens is 2. The van der Waals surface area contributed by atoms with E-state index in [1.165, 1.54) is 15.4 Å². The van der Waals surface area contributed by atoms with Gasteiger partial charge >= 0.3 is 5.69 Å². The molecule has 1 fully saturated rings. The quantitative estimate of drug-likeness (QED) is 0.762. The lowest BCUT2D eigenvalue weighted by Gasteiger charge is -2.32. The molecule has 1 aromatic carbocycles. The van der Waals surface area contributed by atoms with E-state index in [9.17, 15) is 9.90 Å². The van der Waals surface area contributed by atoms with Gasteiger partial charge in [0.25, 0.3) is 0 Å². The summed E-state index contributed by atoms with van der Waals surface area (Å²) in [5.41, 5.74) is 5.67. The second kappa shape index (κ2) is 8.34. The molecule has 2 aromatic rings. The van der Waals surface area contributed by atoms with E-state index in [4.69, 9.17) is 4.74 Å². The van der Waals surface area contributed by atoms with Crippen LogP contribution in [0.3, 0.4) is 0 Å². The Morgan fingerprint density at radius 3 is 2.76 bits per heavy atom. The van der Waals surface area contributed by atoms with Crippen molar-refractivity contribution in [1.82, 2.24) is 19.0 Å². The minimum absolute atomic E-state index is 0.0296. The third-order valence-corrected chi connectivity index (χ3v) is 5.60. The number of ether oxygens (including phenoxy) is 1. The summed E-state index contributed by atoms with van der Waals surface area (Å²) in [5.74, 6) is 0.752. The third kappa shape index (κ3) is 4.33. The van der Waals surface area contributed by atoms with Crippen LogP contribution in [0, 0.1) is 6.92 Å². The number of aromatic hydroxyl groups is 1. The molecule has 2 N–H and O–H groups in total. The molecule has 0 spiro atoms. The van der Waals surface area contributed by atoms with Gasteiger partial charge < -0.3 is 19.6 Å². The molecule has 0 radical (unpaired) electrons. The topological polar surface area (TPSA) is 74.9 Å². The largest absolute Gasteiger partial charge is 0.493 e. The van der Waals surface area contributed by atoms with Crippen LogP contribution in [0.1, 0.15) is 17.5 Å². The molecule has 156 valence electrons. The summed E-state index contributed by atoms with van der Waals surface area (Å²) in [7, 11) is 2.14. The maximum Gasteiger partial charge on any atom is 0.349 e. The monoisotopic (exact) mass is 399 g/mol. The molecule has 2 aliphatic rings. The van der Waals surface area contributed by atoms with Crippen LogP contribution >= 0.6 is 0 Å². The molecule has 0 aliphatic carbocycles. The lowest BCUT2D eigenvalue weighted by molar-refractivity contribution is 0.151. The van der Waals surface area contributed by atoms with Gasteiger partial charge in [0, 0.05) is 38.3 Å². The molecule has 0 atom stereocenters. The highest BCUT2D eigenvalue weighted by atomic mass is 16.5. The predicted molar refractivity (Wildman–Crippen MR) is 113 cm³/mol. The first-order valence-corrected chi connectivity index (χ1v) is 10.1. The van der Waals surface area contributed by atoms with Gasteiger partial charge in [0.1, 0.15) is 12.4 Å². The highest BCUT2D eigenvalue weighted by Crippen LogP contribution is 2.29. The summed E-state index contributed by atoms with van der Waals surface area (Å²) < 4.78 is 8.42. The van der Waals surface area contributed by atoms with Crippen LogP contribution in [0.4, 0.5) is 0 Å². The van der Waals surface area contributed by atoms with Crippen molar-refractivity contribution in [1.29, 1.82) is 0 Å². The number of likely N-dealkylation sites (N-methyl/N-ethyl adjacent to an activating group) is 1. The molecular weight excluding hydrogens is 370 g/mol. The Bertz CT molecular complexity index is 954.